The van der Waals surface area contributed by atoms with Gasteiger partial charge in [0, 0.05) is 5.56 Å². The molecule has 3 heteroatoms. The molecule has 0 bridgehead atoms. The quantitative estimate of drug-likeness (QED) is 0.199. The van der Waals surface area contributed by atoms with Crippen molar-refractivity contribution in [3.63, 3.8) is 0 Å². The van der Waals surface area contributed by atoms with Crippen molar-refractivity contribution in [3.05, 3.63) is 132 Å². The number of hydrogen-bond donors (Lipinski definition) is 1. The molecule has 37 heavy (non-hydrogen) atoms. The number of benzene rings is 6. The average Bonchev–Trinajstić information content (AvgIpc) is 2.96. The first-order valence-corrected chi connectivity index (χ1v) is 12.2. The first kappa shape index (κ1) is 22.6. The van der Waals surface area contributed by atoms with Crippen LogP contribution >= 0.6 is 0 Å². The summed E-state index contributed by atoms with van der Waals surface area (Å²) in [7, 11) is 1.68. The number of hydrogen-bond acceptors (Lipinski definition) is 3. The van der Waals surface area contributed by atoms with Crippen LogP contribution in [0.15, 0.2) is 121 Å². The lowest BCUT2D eigenvalue weighted by molar-refractivity contribution is 0.103. The van der Waals surface area contributed by atoms with Crippen LogP contribution in [0.25, 0.3) is 43.8 Å². The highest BCUT2D eigenvalue weighted by Gasteiger charge is 2.19. The van der Waals surface area contributed by atoms with Gasteiger partial charge in [0.1, 0.15) is 11.5 Å². The molecule has 6 rings (SSSR count). The third kappa shape index (κ3) is 3.91. The molecule has 0 saturated carbocycles. The minimum absolute atomic E-state index is 0.0285. The molecule has 0 aromatic heterocycles. The number of carbonyl (C=O) groups excluding carboxylic acids is 1. The van der Waals surface area contributed by atoms with Crippen LogP contribution in [0.2, 0.25) is 0 Å². The van der Waals surface area contributed by atoms with Gasteiger partial charge in [-0.25, -0.2) is 0 Å². The van der Waals surface area contributed by atoms with Crippen LogP contribution in [-0.2, 0) is 0 Å². The van der Waals surface area contributed by atoms with E-state index in [-0.39, 0.29) is 17.1 Å². The van der Waals surface area contributed by atoms with Gasteiger partial charge in [-0.05, 0) is 68.1 Å². The van der Waals surface area contributed by atoms with E-state index in [1.807, 2.05) is 66.7 Å². The smallest absolute Gasteiger partial charge is 0.196 e. The number of aromatic hydroxyl groups is 1. The molecule has 0 radical (unpaired) electrons. The average molecular weight is 481 g/mol. The molecule has 0 unspecified atom stereocenters. The van der Waals surface area contributed by atoms with Gasteiger partial charge in [0.2, 0.25) is 0 Å². The van der Waals surface area contributed by atoms with Crippen molar-refractivity contribution in [2.24, 2.45) is 0 Å². The Hall–Kier alpha value is -4.89. The molecule has 0 aliphatic carbocycles. The van der Waals surface area contributed by atoms with Crippen LogP contribution in [0.5, 0.6) is 11.5 Å². The summed E-state index contributed by atoms with van der Waals surface area (Å²) in [6, 6.07) is 39.2. The monoisotopic (exact) mass is 480 g/mol. The SMILES string of the molecule is COc1cccc(-c2c3ccccc3c(-c3ccc(O)c(C(=O)c4ccccc4)c3)c3ccccc23)c1. The predicted octanol–water partition coefficient (Wildman–Crippen LogP) is 8.27. The number of rotatable bonds is 5. The Balaban J connectivity index is 1.66. The first-order valence-electron chi connectivity index (χ1n) is 12.2. The van der Waals surface area contributed by atoms with Gasteiger partial charge >= 0.3 is 0 Å². The van der Waals surface area contributed by atoms with E-state index in [1.165, 1.54) is 0 Å². The Labute approximate surface area is 215 Å². The molecule has 0 amide bonds. The Bertz CT molecular complexity index is 1730. The number of ether oxygens (including phenoxy) is 1. The summed E-state index contributed by atoms with van der Waals surface area (Å²) < 4.78 is 5.52. The molecule has 0 spiro atoms. The highest BCUT2D eigenvalue weighted by atomic mass is 16.5. The van der Waals surface area contributed by atoms with Gasteiger partial charge in [-0.3, -0.25) is 4.79 Å². The van der Waals surface area contributed by atoms with Crippen molar-refractivity contribution in [2.45, 2.75) is 0 Å². The molecular formula is C34H24O3. The molecule has 178 valence electrons. The van der Waals surface area contributed by atoms with Crippen molar-refractivity contribution in [2.75, 3.05) is 7.11 Å². The third-order valence-corrected chi connectivity index (χ3v) is 6.86. The minimum Gasteiger partial charge on any atom is -0.507 e. The summed E-state index contributed by atoms with van der Waals surface area (Å²) >= 11 is 0. The Kier molecular flexibility index (Phi) is 5.66. The van der Waals surface area contributed by atoms with Crippen molar-refractivity contribution < 1.29 is 14.6 Å². The predicted molar refractivity (Wildman–Crippen MR) is 150 cm³/mol. The first-order chi connectivity index (χ1) is 18.2. The Morgan fingerprint density at radius 2 is 1.14 bits per heavy atom. The number of phenolic OH excluding ortho intramolecular Hbond substituents is 1. The number of ketones is 1. The molecule has 0 saturated heterocycles. The van der Waals surface area contributed by atoms with E-state index in [1.54, 1.807) is 25.3 Å². The second kappa shape index (κ2) is 9.29. The third-order valence-electron chi connectivity index (χ3n) is 6.86. The Morgan fingerprint density at radius 1 is 0.595 bits per heavy atom. The standard InChI is InChI=1S/C34H24O3/c1-37-25-13-9-12-23(20-25)32-26-14-5-7-16-28(26)33(29-17-8-6-15-27(29)32)24-18-19-31(35)30(21-24)34(36)22-10-3-2-4-11-22/h2-21,35H,1H3. The molecule has 0 fully saturated rings. The largest absolute Gasteiger partial charge is 0.507 e. The zero-order chi connectivity index (χ0) is 25.4. The highest BCUT2D eigenvalue weighted by molar-refractivity contribution is 6.22. The molecule has 0 aliphatic heterocycles. The molecule has 0 atom stereocenters. The van der Waals surface area contributed by atoms with E-state index >= 15 is 0 Å². The van der Waals surface area contributed by atoms with Gasteiger partial charge < -0.3 is 9.84 Å². The summed E-state index contributed by atoms with van der Waals surface area (Å²) in [5, 5.41) is 15.0. The fraction of sp³-hybridized carbons (Fsp3) is 0.0294. The zero-order valence-corrected chi connectivity index (χ0v) is 20.3. The van der Waals surface area contributed by atoms with E-state index in [0.717, 1.165) is 49.5 Å². The van der Waals surface area contributed by atoms with Gasteiger partial charge in [-0.2, -0.15) is 0 Å². The van der Waals surface area contributed by atoms with Gasteiger partial charge in [0.05, 0.1) is 12.7 Å². The fourth-order valence-electron chi connectivity index (χ4n) is 5.15. The number of carbonyl (C=O) groups is 1. The van der Waals surface area contributed by atoms with Gasteiger partial charge in [-0.1, -0.05) is 97.1 Å². The lowest BCUT2D eigenvalue weighted by Crippen LogP contribution is -2.02. The van der Waals surface area contributed by atoms with E-state index < -0.39 is 0 Å². The second-order valence-corrected chi connectivity index (χ2v) is 9.00. The summed E-state index contributed by atoms with van der Waals surface area (Å²) in [5.74, 6) is 0.568. The second-order valence-electron chi connectivity index (χ2n) is 9.00. The van der Waals surface area contributed by atoms with E-state index in [4.69, 9.17) is 4.74 Å². The molecule has 0 aliphatic rings. The zero-order valence-electron chi connectivity index (χ0n) is 20.3. The van der Waals surface area contributed by atoms with Crippen molar-refractivity contribution in [3.8, 4) is 33.8 Å². The van der Waals surface area contributed by atoms with Gasteiger partial charge in [-0.15, -0.1) is 0 Å². The molecule has 6 aromatic rings. The topological polar surface area (TPSA) is 46.5 Å². The summed E-state index contributed by atoms with van der Waals surface area (Å²) in [5.41, 5.74) is 4.94. The van der Waals surface area contributed by atoms with Crippen LogP contribution in [-0.4, -0.2) is 18.0 Å². The lowest BCUT2D eigenvalue weighted by Gasteiger charge is -2.18. The van der Waals surface area contributed by atoms with Gasteiger partial charge in [0.25, 0.3) is 0 Å². The highest BCUT2D eigenvalue weighted by Crippen LogP contribution is 2.44. The van der Waals surface area contributed by atoms with E-state index in [0.29, 0.717) is 5.56 Å². The van der Waals surface area contributed by atoms with Crippen LogP contribution in [0.4, 0.5) is 0 Å². The maximum absolute atomic E-state index is 13.3. The number of phenols is 1. The Morgan fingerprint density at radius 3 is 1.70 bits per heavy atom. The summed E-state index contributed by atoms with van der Waals surface area (Å²) in [6.07, 6.45) is 0. The van der Waals surface area contributed by atoms with Crippen LogP contribution in [0.3, 0.4) is 0 Å². The molecule has 3 nitrogen and oxygen atoms in total. The van der Waals surface area contributed by atoms with E-state index in [9.17, 15) is 9.90 Å². The normalized spacial score (nSPS) is 11.1. The number of fused-ring (bicyclic) bond motifs is 2. The minimum atomic E-state index is -0.207. The summed E-state index contributed by atoms with van der Waals surface area (Å²) in [4.78, 5) is 13.3. The van der Waals surface area contributed by atoms with Crippen LogP contribution in [0.1, 0.15) is 15.9 Å². The molecule has 6 aromatic carbocycles. The molecule has 0 heterocycles. The van der Waals surface area contributed by atoms with Crippen LogP contribution < -0.4 is 4.74 Å². The van der Waals surface area contributed by atoms with Crippen molar-refractivity contribution in [1.29, 1.82) is 0 Å². The van der Waals surface area contributed by atoms with Gasteiger partial charge in [0.15, 0.2) is 5.78 Å². The lowest BCUT2D eigenvalue weighted by atomic mass is 9.85. The van der Waals surface area contributed by atoms with Crippen molar-refractivity contribution in [1.82, 2.24) is 0 Å². The maximum atomic E-state index is 13.3. The molecule has 1 N–H and O–H groups in total. The molecular weight excluding hydrogens is 456 g/mol. The van der Waals surface area contributed by atoms with Crippen LogP contribution in [0, 0.1) is 0 Å². The van der Waals surface area contributed by atoms with E-state index in [2.05, 4.69) is 36.4 Å². The fourth-order valence-corrected chi connectivity index (χ4v) is 5.15. The number of methoxy groups -OCH3 is 1. The summed E-state index contributed by atoms with van der Waals surface area (Å²) in [6.45, 7) is 0. The maximum Gasteiger partial charge on any atom is 0.196 e. The van der Waals surface area contributed by atoms with Crippen molar-refractivity contribution >= 4 is 27.3 Å².